The maximum absolute atomic E-state index is 12.2. The quantitative estimate of drug-likeness (QED) is 0.788. The van der Waals surface area contributed by atoms with E-state index in [9.17, 15) is 8.42 Å². The standard InChI is InChI=1S/C16H24N6O2S/c1-20(2)25(23,24)22-7-4-13(5-8-22)10-14-11-15(19-12-18-14)16-17-6-9-21(16)3/h6,9,11-13H,4-5,7-8,10H2,1-3H3. The summed E-state index contributed by atoms with van der Waals surface area (Å²) in [6, 6.07) is 1.98. The minimum Gasteiger partial charge on any atom is -0.333 e. The molecule has 0 unspecified atom stereocenters. The molecule has 136 valence electrons. The Balaban J connectivity index is 1.64. The molecule has 2 aromatic heterocycles. The minimum absolute atomic E-state index is 0.428. The van der Waals surface area contributed by atoms with Crippen LogP contribution in [0.1, 0.15) is 18.5 Å². The third-order valence-electron chi connectivity index (χ3n) is 4.63. The third kappa shape index (κ3) is 3.88. The topological polar surface area (TPSA) is 84.2 Å². The Morgan fingerprint density at radius 1 is 1.20 bits per heavy atom. The highest BCUT2D eigenvalue weighted by Gasteiger charge is 2.29. The Morgan fingerprint density at radius 2 is 1.92 bits per heavy atom. The SMILES string of the molecule is CN(C)S(=O)(=O)N1CCC(Cc2cc(-c3nccn3C)ncn2)CC1. The molecule has 3 rings (SSSR count). The first-order valence-electron chi connectivity index (χ1n) is 8.34. The third-order valence-corrected chi connectivity index (χ3v) is 6.57. The van der Waals surface area contributed by atoms with E-state index in [2.05, 4.69) is 15.0 Å². The van der Waals surface area contributed by atoms with E-state index < -0.39 is 10.2 Å². The number of rotatable bonds is 5. The molecule has 0 amide bonds. The van der Waals surface area contributed by atoms with Gasteiger partial charge in [-0.1, -0.05) is 0 Å². The lowest BCUT2D eigenvalue weighted by atomic mass is 9.93. The summed E-state index contributed by atoms with van der Waals surface area (Å²) in [6.07, 6.45) is 7.72. The molecule has 1 aliphatic heterocycles. The first kappa shape index (κ1) is 18.0. The summed E-state index contributed by atoms with van der Waals surface area (Å²) < 4.78 is 29.1. The van der Waals surface area contributed by atoms with Crippen molar-refractivity contribution >= 4 is 10.2 Å². The summed E-state index contributed by atoms with van der Waals surface area (Å²) in [7, 11) is 1.77. The van der Waals surface area contributed by atoms with Gasteiger partial charge in [-0.05, 0) is 31.2 Å². The van der Waals surface area contributed by atoms with Gasteiger partial charge in [-0.2, -0.15) is 17.0 Å². The second kappa shape index (κ2) is 7.19. The fraction of sp³-hybridized carbons (Fsp3) is 0.562. The number of hydrogen-bond acceptors (Lipinski definition) is 5. The Labute approximate surface area is 148 Å². The van der Waals surface area contributed by atoms with Crippen LogP contribution in [0, 0.1) is 5.92 Å². The molecule has 1 aliphatic rings. The van der Waals surface area contributed by atoms with Crippen LogP contribution in [-0.4, -0.2) is 63.7 Å². The van der Waals surface area contributed by atoms with E-state index in [1.165, 1.54) is 4.31 Å². The molecule has 0 atom stereocenters. The van der Waals surface area contributed by atoms with Crippen LogP contribution in [0.2, 0.25) is 0 Å². The van der Waals surface area contributed by atoms with Crippen LogP contribution in [-0.2, 0) is 23.7 Å². The zero-order valence-corrected chi connectivity index (χ0v) is 15.6. The fourth-order valence-electron chi connectivity index (χ4n) is 3.11. The van der Waals surface area contributed by atoms with Crippen LogP contribution >= 0.6 is 0 Å². The van der Waals surface area contributed by atoms with Crippen molar-refractivity contribution in [2.75, 3.05) is 27.2 Å². The summed E-state index contributed by atoms with van der Waals surface area (Å²) >= 11 is 0. The van der Waals surface area contributed by atoms with Crippen molar-refractivity contribution in [3.05, 3.63) is 30.5 Å². The summed E-state index contributed by atoms with van der Waals surface area (Å²) in [6.45, 7) is 1.12. The molecular weight excluding hydrogens is 340 g/mol. The molecule has 2 aromatic rings. The highest BCUT2D eigenvalue weighted by molar-refractivity contribution is 7.86. The monoisotopic (exact) mass is 364 g/mol. The average Bonchev–Trinajstić information content (AvgIpc) is 3.01. The van der Waals surface area contributed by atoms with Crippen molar-refractivity contribution in [1.82, 2.24) is 28.1 Å². The maximum atomic E-state index is 12.2. The zero-order valence-electron chi connectivity index (χ0n) is 14.8. The number of aromatic nitrogens is 4. The van der Waals surface area contributed by atoms with Crippen LogP contribution in [0.25, 0.3) is 11.5 Å². The van der Waals surface area contributed by atoms with Gasteiger partial charge in [-0.15, -0.1) is 0 Å². The minimum atomic E-state index is -3.31. The Bertz CT molecular complexity index is 825. The molecule has 9 heteroatoms. The molecule has 0 spiro atoms. The molecule has 0 aliphatic carbocycles. The zero-order chi connectivity index (χ0) is 18.0. The van der Waals surface area contributed by atoms with Crippen molar-refractivity contribution in [2.24, 2.45) is 13.0 Å². The number of imidazole rings is 1. The lowest BCUT2D eigenvalue weighted by Crippen LogP contribution is -2.44. The van der Waals surface area contributed by atoms with Crippen LogP contribution in [0.5, 0.6) is 0 Å². The molecule has 0 bridgehead atoms. The maximum Gasteiger partial charge on any atom is 0.281 e. The van der Waals surface area contributed by atoms with Gasteiger partial charge in [0.2, 0.25) is 0 Å². The smallest absolute Gasteiger partial charge is 0.281 e. The second-order valence-electron chi connectivity index (χ2n) is 6.59. The number of aryl methyl sites for hydroxylation is 1. The molecule has 0 aromatic carbocycles. The first-order chi connectivity index (χ1) is 11.9. The summed E-state index contributed by atoms with van der Waals surface area (Å²) in [4.78, 5) is 13.0. The van der Waals surface area contributed by atoms with Crippen molar-refractivity contribution in [2.45, 2.75) is 19.3 Å². The fourth-order valence-corrected chi connectivity index (χ4v) is 4.25. The van der Waals surface area contributed by atoms with Gasteiger partial charge in [0.1, 0.15) is 12.0 Å². The average molecular weight is 364 g/mol. The Kier molecular flexibility index (Phi) is 5.16. The highest BCUT2D eigenvalue weighted by atomic mass is 32.2. The van der Waals surface area contributed by atoms with Crippen molar-refractivity contribution < 1.29 is 8.42 Å². The summed E-state index contributed by atoms with van der Waals surface area (Å²) in [5.74, 6) is 1.24. The first-order valence-corrected chi connectivity index (χ1v) is 9.74. The van der Waals surface area contributed by atoms with Gasteiger partial charge in [0, 0.05) is 52.3 Å². The van der Waals surface area contributed by atoms with E-state index in [0.29, 0.717) is 19.0 Å². The van der Waals surface area contributed by atoms with Crippen molar-refractivity contribution in [3.8, 4) is 11.5 Å². The van der Waals surface area contributed by atoms with E-state index >= 15 is 0 Å². The molecule has 1 fully saturated rings. The van der Waals surface area contributed by atoms with Gasteiger partial charge in [0.15, 0.2) is 5.82 Å². The predicted octanol–water partition coefficient (Wildman–Crippen LogP) is 0.938. The van der Waals surface area contributed by atoms with Gasteiger partial charge < -0.3 is 4.57 Å². The normalized spacial score (nSPS) is 17.3. The van der Waals surface area contributed by atoms with Gasteiger partial charge in [-0.25, -0.2) is 15.0 Å². The van der Waals surface area contributed by atoms with E-state index in [4.69, 9.17) is 0 Å². The lowest BCUT2D eigenvalue weighted by molar-refractivity contribution is 0.261. The second-order valence-corrected chi connectivity index (χ2v) is 8.74. The number of nitrogens with zero attached hydrogens (tertiary/aromatic N) is 6. The molecule has 8 nitrogen and oxygen atoms in total. The summed E-state index contributed by atoms with van der Waals surface area (Å²) in [5.41, 5.74) is 1.78. The van der Waals surface area contributed by atoms with E-state index in [1.807, 2.05) is 23.9 Å². The van der Waals surface area contributed by atoms with Gasteiger partial charge >= 0.3 is 0 Å². The van der Waals surface area contributed by atoms with E-state index in [1.54, 1.807) is 30.9 Å². The van der Waals surface area contributed by atoms with E-state index in [-0.39, 0.29) is 0 Å². The molecule has 0 saturated carbocycles. The van der Waals surface area contributed by atoms with Crippen molar-refractivity contribution in [1.29, 1.82) is 0 Å². The predicted molar refractivity (Wildman–Crippen MR) is 94.8 cm³/mol. The number of hydrogen-bond donors (Lipinski definition) is 0. The molecule has 0 N–H and O–H groups in total. The van der Waals surface area contributed by atoms with E-state index in [0.717, 1.165) is 36.5 Å². The Hall–Kier alpha value is -1.84. The van der Waals surface area contributed by atoms with Crippen LogP contribution in [0.15, 0.2) is 24.8 Å². The van der Waals surface area contributed by atoms with Gasteiger partial charge in [-0.3, -0.25) is 0 Å². The highest BCUT2D eigenvalue weighted by Crippen LogP contribution is 2.24. The number of piperidine rings is 1. The van der Waals surface area contributed by atoms with Gasteiger partial charge in [0.25, 0.3) is 10.2 Å². The molecule has 25 heavy (non-hydrogen) atoms. The molecule has 1 saturated heterocycles. The van der Waals surface area contributed by atoms with Crippen molar-refractivity contribution in [3.63, 3.8) is 0 Å². The van der Waals surface area contributed by atoms with Gasteiger partial charge in [0.05, 0.1) is 0 Å². The van der Waals surface area contributed by atoms with Crippen LogP contribution in [0.3, 0.4) is 0 Å². The lowest BCUT2D eigenvalue weighted by Gasteiger charge is -2.32. The Morgan fingerprint density at radius 3 is 2.52 bits per heavy atom. The van der Waals surface area contributed by atoms with Crippen LogP contribution < -0.4 is 0 Å². The van der Waals surface area contributed by atoms with Crippen LogP contribution in [0.4, 0.5) is 0 Å². The molecular formula is C16H24N6O2S. The molecule has 0 radical (unpaired) electrons. The molecule has 3 heterocycles. The summed E-state index contributed by atoms with van der Waals surface area (Å²) in [5, 5.41) is 0. The largest absolute Gasteiger partial charge is 0.333 e.